The molecule has 4 bridgehead atoms. The van der Waals surface area contributed by atoms with Gasteiger partial charge in [-0.05, 0) is 44.9 Å². The first-order valence-electron chi connectivity index (χ1n) is 15.8. The molecule has 13 nitrogen and oxygen atoms in total. The SMILES string of the molecule is COc1cc2cc(c1Cl)N(C)C(=O)C[C@@H](OC(=O)[C@H](C)N(C)C(C)=O)[C@]1(C)O[C@@H]1[C@H](C)[C@H]1C[C@@](O)(NC(=O)O1)[C@H](OC)C=CC=C(C)C2. The van der Waals surface area contributed by atoms with Crippen molar-refractivity contribution in [2.24, 2.45) is 5.92 Å². The van der Waals surface area contributed by atoms with Crippen LogP contribution in [0.2, 0.25) is 5.02 Å². The maximum absolute atomic E-state index is 14.0. The second-order valence-electron chi connectivity index (χ2n) is 13.0. The van der Waals surface area contributed by atoms with E-state index in [9.17, 15) is 24.3 Å². The summed E-state index contributed by atoms with van der Waals surface area (Å²) < 4.78 is 28.9. The van der Waals surface area contributed by atoms with Gasteiger partial charge in [-0.25, -0.2) is 9.59 Å². The number of hydrogen-bond donors (Lipinski definition) is 2. The fraction of sp³-hybridized carbons (Fsp3) is 0.588. The normalized spacial score (nSPS) is 31.4. The molecule has 1 aromatic rings. The van der Waals surface area contributed by atoms with E-state index in [1.54, 1.807) is 45.2 Å². The molecule has 0 saturated carbocycles. The molecule has 0 aliphatic carbocycles. The number of alkyl carbamates (subject to hydrolysis) is 1. The quantitative estimate of drug-likeness (QED) is 0.346. The second kappa shape index (κ2) is 14.5. The molecule has 264 valence electrons. The molecule has 1 aromatic carbocycles. The molecular weight excluding hydrogens is 646 g/mol. The summed E-state index contributed by atoms with van der Waals surface area (Å²) in [4.78, 5) is 54.7. The van der Waals surface area contributed by atoms with Crippen molar-refractivity contribution in [2.45, 2.75) is 95.7 Å². The molecule has 8 atom stereocenters. The molecule has 0 spiro atoms. The molecule has 48 heavy (non-hydrogen) atoms. The second-order valence-corrected chi connectivity index (χ2v) is 13.4. The van der Waals surface area contributed by atoms with Crippen LogP contribution < -0.4 is 15.0 Å². The van der Waals surface area contributed by atoms with E-state index in [2.05, 4.69) is 5.32 Å². The lowest BCUT2D eigenvalue weighted by molar-refractivity contribution is -0.161. The summed E-state index contributed by atoms with van der Waals surface area (Å²) in [6, 6.07) is 2.63. The number of halogens is 1. The molecule has 3 aliphatic rings. The van der Waals surface area contributed by atoms with Gasteiger partial charge in [0.15, 0.2) is 5.72 Å². The number of epoxide rings is 1. The highest BCUT2D eigenvalue weighted by atomic mass is 35.5. The Morgan fingerprint density at radius 3 is 2.56 bits per heavy atom. The van der Waals surface area contributed by atoms with Crippen molar-refractivity contribution in [3.8, 4) is 5.75 Å². The molecule has 2 fully saturated rings. The highest BCUT2D eigenvalue weighted by Gasteiger charge is 2.64. The zero-order valence-electron chi connectivity index (χ0n) is 28.9. The number of fused-ring (bicyclic) bond motifs is 5. The number of allylic oxidation sites excluding steroid dienone is 3. The minimum Gasteiger partial charge on any atom is -0.495 e. The molecule has 4 rings (SSSR count). The zero-order valence-corrected chi connectivity index (χ0v) is 29.6. The van der Waals surface area contributed by atoms with Gasteiger partial charge in [0.1, 0.15) is 40.7 Å². The minimum atomic E-state index is -1.81. The molecule has 3 heterocycles. The van der Waals surface area contributed by atoms with E-state index in [0.717, 1.165) is 11.1 Å². The average Bonchev–Trinajstić information content (AvgIpc) is 3.73. The maximum atomic E-state index is 14.0. The van der Waals surface area contributed by atoms with Gasteiger partial charge >= 0.3 is 12.1 Å². The third-order valence-corrected chi connectivity index (χ3v) is 10.0. The number of nitrogens with one attached hydrogen (secondary N) is 1. The van der Waals surface area contributed by atoms with Crippen LogP contribution in [-0.2, 0) is 39.8 Å². The van der Waals surface area contributed by atoms with Gasteiger partial charge in [-0.2, -0.15) is 0 Å². The molecular formula is C34H46ClN3O10. The number of rotatable bonds is 5. The minimum absolute atomic E-state index is 0.0436. The summed E-state index contributed by atoms with van der Waals surface area (Å²) in [6.45, 7) is 8.29. The van der Waals surface area contributed by atoms with Crippen LogP contribution in [-0.4, -0.2) is 104 Å². The predicted octanol–water partition coefficient (Wildman–Crippen LogP) is 3.53. The Bertz CT molecular complexity index is 1500. The summed E-state index contributed by atoms with van der Waals surface area (Å²) >= 11 is 6.71. The van der Waals surface area contributed by atoms with Gasteiger partial charge in [-0.3, -0.25) is 14.9 Å². The number of esters is 1. The van der Waals surface area contributed by atoms with Gasteiger partial charge in [-0.1, -0.05) is 42.3 Å². The van der Waals surface area contributed by atoms with E-state index in [0.29, 0.717) is 17.9 Å². The number of nitrogens with zero attached hydrogens (tertiary/aromatic N) is 2. The number of methoxy groups -OCH3 is 2. The van der Waals surface area contributed by atoms with Crippen LogP contribution in [0.5, 0.6) is 5.75 Å². The van der Waals surface area contributed by atoms with Gasteiger partial charge in [0.2, 0.25) is 11.8 Å². The lowest BCUT2D eigenvalue weighted by Gasteiger charge is -2.42. The Morgan fingerprint density at radius 1 is 1.25 bits per heavy atom. The summed E-state index contributed by atoms with van der Waals surface area (Å²) in [5, 5.41) is 14.4. The number of carbonyl (C=O) groups is 4. The lowest BCUT2D eigenvalue weighted by Crippen LogP contribution is -2.63. The number of anilines is 1. The lowest BCUT2D eigenvalue weighted by atomic mass is 9.83. The zero-order chi connectivity index (χ0) is 35.7. The summed E-state index contributed by atoms with van der Waals surface area (Å²) in [5.41, 5.74) is -0.871. The van der Waals surface area contributed by atoms with E-state index >= 15 is 0 Å². The van der Waals surface area contributed by atoms with Gasteiger partial charge in [0.25, 0.3) is 0 Å². The molecule has 14 heteroatoms. The Kier molecular flexibility index (Phi) is 11.2. The standard InChI is InChI=1S/C34H46ClN3O10/c1-18-11-10-12-26(45-9)34(43)17-25(46-32(42)36-34)19(2)30-33(5,48-30)27(47-31(41)20(3)37(6)21(4)39)16-28(40)38(7)23-14-22(13-18)15-24(44-8)29(23)35/h10-12,14-15,19-20,25-27,30,43H,13,16-17H2,1-9H3,(H,36,42)/t19-,20+,25-,26-,27-,30-,33+,34+/m1/s1. The fourth-order valence-electron chi connectivity index (χ4n) is 6.27. The summed E-state index contributed by atoms with van der Waals surface area (Å²) in [7, 11) is 5.97. The van der Waals surface area contributed by atoms with Crippen LogP contribution >= 0.6 is 11.6 Å². The van der Waals surface area contributed by atoms with Crippen molar-refractivity contribution in [1.29, 1.82) is 0 Å². The fourth-order valence-corrected chi connectivity index (χ4v) is 6.59. The number of benzene rings is 1. The number of hydrogen-bond acceptors (Lipinski definition) is 10. The number of likely N-dealkylation sites (N-methyl/N-ethyl adjacent to an activating group) is 1. The highest BCUT2D eigenvalue weighted by molar-refractivity contribution is 6.35. The monoisotopic (exact) mass is 691 g/mol. The van der Waals surface area contributed by atoms with Crippen LogP contribution in [0.4, 0.5) is 10.5 Å². The van der Waals surface area contributed by atoms with Crippen LogP contribution in [0.15, 0.2) is 35.9 Å². The van der Waals surface area contributed by atoms with Crippen molar-refractivity contribution in [3.63, 3.8) is 0 Å². The molecule has 0 aromatic heterocycles. The molecule has 3 aliphatic heterocycles. The largest absolute Gasteiger partial charge is 0.495 e. The molecule has 0 unspecified atom stereocenters. The van der Waals surface area contributed by atoms with E-state index in [4.69, 9.17) is 35.3 Å². The Labute approximate surface area is 286 Å². The third-order valence-electron chi connectivity index (χ3n) is 9.63. The van der Waals surface area contributed by atoms with Gasteiger partial charge in [0, 0.05) is 40.5 Å². The number of amides is 3. The first-order valence-corrected chi connectivity index (χ1v) is 16.2. The highest BCUT2D eigenvalue weighted by Crippen LogP contribution is 2.49. The molecule has 3 amide bonds. The number of carbonyl (C=O) groups excluding carboxylic acids is 4. The molecule has 2 N–H and O–H groups in total. The van der Waals surface area contributed by atoms with E-state index in [-0.39, 0.29) is 23.8 Å². The Balaban J connectivity index is 1.80. The summed E-state index contributed by atoms with van der Waals surface area (Å²) in [5.74, 6) is -1.63. The van der Waals surface area contributed by atoms with Crippen molar-refractivity contribution in [1.82, 2.24) is 10.2 Å². The number of ether oxygens (including phenoxy) is 5. The van der Waals surface area contributed by atoms with Crippen LogP contribution in [0.1, 0.15) is 53.0 Å². The average molecular weight is 692 g/mol. The van der Waals surface area contributed by atoms with Gasteiger partial charge in [-0.15, -0.1) is 0 Å². The van der Waals surface area contributed by atoms with Crippen LogP contribution in [0.3, 0.4) is 0 Å². The van der Waals surface area contributed by atoms with Crippen LogP contribution in [0.25, 0.3) is 0 Å². The maximum Gasteiger partial charge on any atom is 0.409 e. The van der Waals surface area contributed by atoms with Crippen molar-refractivity contribution >= 4 is 41.2 Å². The molecule has 0 radical (unpaired) electrons. The number of aliphatic hydroxyl groups is 1. The van der Waals surface area contributed by atoms with E-state index in [1.165, 1.54) is 44.9 Å². The van der Waals surface area contributed by atoms with Crippen LogP contribution in [0, 0.1) is 5.92 Å². The van der Waals surface area contributed by atoms with E-state index < -0.39 is 65.7 Å². The first kappa shape index (κ1) is 37.2. The van der Waals surface area contributed by atoms with Crippen molar-refractivity contribution in [3.05, 3.63) is 46.5 Å². The van der Waals surface area contributed by atoms with Gasteiger partial charge in [0.05, 0.1) is 25.3 Å². The first-order chi connectivity index (χ1) is 22.4. The predicted molar refractivity (Wildman–Crippen MR) is 177 cm³/mol. The van der Waals surface area contributed by atoms with Crippen molar-refractivity contribution < 1.29 is 48.0 Å². The Hall–Kier alpha value is -3.65. The Morgan fingerprint density at radius 2 is 1.94 bits per heavy atom. The van der Waals surface area contributed by atoms with Gasteiger partial charge < -0.3 is 38.6 Å². The smallest absolute Gasteiger partial charge is 0.409 e. The van der Waals surface area contributed by atoms with E-state index in [1.807, 2.05) is 13.0 Å². The summed E-state index contributed by atoms with van der Waals surface area (Å²) in [6.07, 6.45) is 1.02. The van der Waals surface area contributed by atoms with Crippen molar-refractivity contribution in [2.75, 3.05) is 33.2 Å². The topological polar surface area (TPSA) is 156 Å². The molecule has 2 saturated heterocycles. The third kappa shape index (κ3) is 7.64.